The summed E-state index contributed by atoms with van der Waals surface area (Å²) in [6, 6.07) is 0. The first-order valence-corrected chi connectivity index (χ1v) is 28.3. The topological polar surface area (TPSA) is 78.9 Å². The van der Waals surface area contributed by atoms with Gasteiger partial charge in [0.05, 0.1) is 6.42 Å². The Morgan fingerprint density at radius 2 is 0.606 bits per heavy atom. The number of unbranched alkanes of at least 4 members (excludes halogenated alkanes) is 15. The van der Waals surface area contributed by atoms with E-state index < -0.39 is 12.1 Å². The van der Waals surface area contributed by atoms with Crippen LogP contribution in [-0.4, -0.2) is 37.2 Å². The third-order valence-corrected chi connectivity index (χ3v) is 11.3. The van der Waals surface area contributed by atoms with Crippen LogP contribution in [0.1, 0.15) is 226 Å². The van der Waals surface area contributed by atoms with Crippen molar-refractivity contribution in [3.8, 4) is 0 Å². The molecule has 0 saturated carbocycles. The number of carbonyl (C=O) groups excluding carboxylic acids is 3. The van der Waals surface area contributed by atoms with Gasteiger partial charge in [0.1, 0.15) is 13.2 Å². The molecule has 6 heteroatoms. The first-order chi connectivity index (χ1) is 35.0. The molecule has 71 heavy (non-hydrogen) atoms. The lowest BCUT2D eigenvalue weighted by molar-refractivity contribution is -0.166. The van der Waals surface area contributed by atoms with Gasteiger partial charge in [0, 0.05) is 12.8 Å². The molecule has 0 N–H and O–H groups in total. The molecule has 0 aliphatic carbocycles. The van der Waals surface area contributed by atoms with Crippen molar-refractivity contribution in [3.63, 3.8) is 0 Å². The minimum atomic E-state index is -0.841. The Balaban J connectivity index is 4.57. The van der Waals surface area contributed by atoms with Gasteiger partial charge in [-0.2, -0.15) is 0 Å². The van der Waals surface area contributed by atoms with Crippen LogP contribution in [0, 0.1) is 0 Å². The summed E-state index contributed by atoms with van der Waals surface area (Å²) in [5, 5.41) is 0. The molecule has 6 nitrogen and oxygen atoms in total. The van der Waals surface area contributed by atoms with Crippen LogP contribution >= 0.6 is 0 Å². The number of hydrogen-bond donors (Lipinski definition) is 0. The fourth-order valence-corrected chi connectivity index (χ4v) is 7.16. The van der Waals surface area contributed by atoms with Gasteiger partial charge in [0.2, 0.25) is 0 Å². The van der Waals surface area contributed by atoms with E-state index in [-0.39, 0.29) is 31.6 Å². The van der Waals surface area contributed by atoms with E-state index in [0.29, 0.717) is 12.8 Å². The zero-order chi connectivity index (χ0) is 51.4. The molecule has 0 amide bonds. The molecule has 0 saturated heterocycles. The summed E-state index contributed by atoms with van der Waals surface area (Å²) in [5.41, 5.74) is 0. The fourth-order valence-electron chi connectivity index (χ4n) is 7.16. The molecule has 0 spiro atoms. The highest BCUT2D eigenvalue weighted by Gasteiger charge is 2.19. The third kappa shape index (κ3) is 56.1. The van der Waals surface area contributed by atoms with E-state index in [9.17, 15) is 14.4 Å². The first kappa shape index (κ1) is 66.3. The summed E-state index contributed by atoms with van der Waals surface area (Å²) in [4.78, 5) is 38.1. The smallest absolute Gasteiger partial charge is 0.309 e. The van der Waals surface area contributed by atoms with E-state index in [1.54, 1.807) is 6.08 Å². The molecule has 0 aliphatic heterocycles. The lowest BCUT2D eigenvalue weighted by Gasteiger charge is -2.18. The Hall–Kier alpha value is -4.71. The van der Waals surface area contributed by atoms with Crippen molar-refractivity contribution < 1.29 is 28.6 Å². The summed E-state index contributed by atoms with van der Waals surface area (Å²) in [7, 11) is 0. The maximum atomic E-state index is 12.9. The largest absolute Gasteiger partial charge is 0.462 e. The second-order valence-corrected chi connectivity index (χ2v) is 18.1. The number of esters is 3. The molecular weight excluding hydrogens is 877 g/mol. The Bertz CT molecular complexity index is 1590. The van der Waals surface area contributed by atoms with Crippen LogP contribution in [0.25, 0.3) is 0 Å². The number of ether oxygens (including phenoxy) is 3. The molecule has 0 heterocycles. The predicted molar refractivity (Wildman–Crippen MR) is 306 cm³/mol. The molecule has 0 aliphatic rings. The highest BCUT2D eigenvalue weighted by atomic mass is 16.6. The monoisotopic (exact) mass is 979 g/mol. The first-order valence-electron chi connectivity index (χ1n) is 28.3. The molecule has 1 atom stereocenters. The van der Waals surface area contributed by atoms with E-state index in [4.69, 9.17) is 14.2 Å². The highest BCUT2D eigenvalue weighted by Crippen LogP contribution is 2.13. The van der Waals surface area contributed by atoms with Gasteiger partial charge in [-0.15, -0.1) is 0 Å². The molecule has 0 rings (SSSR count). The number of allylic oxidation sites excluding steroid dienone is 23. The standard InChI is InChI=1S/C65H102O6/c1-4-7-10-13-16-19-22-25-28-30-32-34-37-40-43-46-49-52-55-58-64(67)70-61-62(60-69-63(66)57-54-51-48-45-42-39-36-27-24-21-18-15-12-9-6-3)71-65(68)59-56-53-50-47-44-41-38-35-33-31-29-26-23-20-17-14-11-8-5-2/h7,9-10,12,16-21,25-29,32,34,36,40,42-43,45,51,54,62H,4-6,8,11,13-15,22-24,30-31,33,35,37-39,41,44,46-50,52-53,55-61H2,1-3H3/b10-7-,12-9-,19-16-,20-17-,21-18-,28-25-,29-26-,34-32-,36-27-,43-40-,45-42-,54-51-. The van der Waals surface area contributed by atoms with Crippen LogP contribution in [0.5, 0.6) is 0 Å². The number of hydrogen-bond acceptors (Lipinski definition) is 6. The minimum Gasteiger partial charge on any atom is -0.462 e. The van der Waals surface area contributed by atoms with Gasteiger partial charge in [-0.25, -0.2) is 0 Å². The van der Waals surface area contributed by atoms with E-state index in [2.05, 4.69) is 154 Å². The quantitative estimate of drug-likeness (QED) is 0.0262. The number of carbonyl (C=O) groups is 3. The van der Waals surface area contributed by atoms with Crippen LogP contribution in [0.15, 0.2) is 146 Å². The van der Waals surface area contributed by atoms with Gasteiger partial charge >= 0.3 is 17.9 Å². The van der Waals surface area contributed by atoms with Gasteiger partial charge in [-0.05, 0) is 122 Å². The van der Waals surface area contributed by atoms with E-state index >= 15 is 0 Å². The van der Waals surface area contributed by atoms with Gasteiger partial charge in [-0.3, -0.25) is 14.4 Å². The van der Waals surface area contributed by atoms with Gasteiger partial charge < -0.3 is 14.2 Å². The van der Waals surface area contributed by atoms with Crippen molar-refractivity contribution in [3.05, 3.63) is 146 Å². The molecule has 0 fully saturated rings. The van der Waals surface area contributed by atoms with Crippen LogP contribution in [0.3, 0.4) is 0 Å². The SMILES string of the molecule is CC/C=C\C/C=C\C/C=C\C/C=C\C/C=C\CCCCCC(=O)OCC(COC(=O)C/C=C\C/C=C\C/C=C\C/C=C\C/C=C\CC)OC(=O)CCCCCCCCCCC/C=C\C/C=C\CCCCC. The molecule has 398 valence electrons. The molecule has 0 aromatic heterocycles. The van der Waals surface area contributed by atoms with Crippen molar-refractivity contribution in [2.24, 2.45) is 0 Å². The summed E-state index contributed by atoms with van der Waals surface area (Å²) in [6.07, 6.45) is 82.9. The molecule has 0 aromatic carbocycles. The average molecular weight is 980 g/mol. The van der Waals surface area contributed by atoms with E-state index in [0.717, 1.165) is 116 Å². The fraction of sp³-hybridized carbons (Fsp3) is 0.585. The Kier molecular flexibility index (Phi) is 54.0. The maximum Gasteiger partial charge on any atom is 0.309 e. The zero-order valence-corrected chi connectivity index (χ0v) is 45.4. The van der Waals surface area contributed by atoms with Crippen LogP contribution in [0.4, 0.5) is 0 Å². The third-order valence-electron chi connectivity index (χ3n) is 11.3. The summed E-state index contributed by atoms with van der Waals surface area (Å²) < 4.78 is 16.7. The van der Waals surface area contributed by atoms with Gasteiger partial charge in [0.15, 0.2) is 6.10 Å². The van der Waals surface area contributed by atoms with Crippen molar-refractivity contribution in [2.45, 2.75) is 232 Å². The number of rotatable bonds is 49. The Morgan fingerprint density at radius 1 is 0.310 bits per heavy atom. The summed E-state index contributed by atoms with van der Waals surface area (Å²) in [6.45, 7) is 6.25. The Labute approximate surface area is 436 Å². The van der Waals surface area contributed by atoms with Crippen molar-refractivity contribution in [1.82, 2.24) is 0 Å². The lowest BCUT2D eigenvalue weighted by Crippen LogP contribution is -2.30. The van der Waals surface area contributed by atoms with Crippen LogP contribution in [-0.2, 0) is 28.6 Å². The van der Waals surface area contributed by atoms with Gasteiger partial charge in [-0.1, -0.05) is 231 Å². The molecule has 0 bridgehead atoms. The summed E-state index contributed by atoms with van der Waals surface area (Å²) >= 11 is 0. The van der Waals surface area contributed by atoms with Crippen molar-refractivity contribution in [1.29, 1.82) is 0 Å². The lowest BCUT2D eigenvalue weighted by atomic mass is 10.1. The van der Waals surface area contributed by atoms with Crippen molar-refractivity contribution >= 4 is 17.9 Å². The molecule has 0 aromatic rings. The maximum absolute atomic E-state index is 12.9. The van der Waals surface area contributed by atoms with Crippen LogP contribution < -0.4 is 0 Å². The van der Waals surface area contributed by atoms with Crippen molar-refractivity contribution in [2.75, 3.05) is 13.2 Å². The second kappa shape index (κ2) is 57.9. The summed E-state index contributed by atoms with van der Waals surface area (Å²) in [5.74, 6) is -1.11. The van der Waals surface area contributed by atoms with E-state index in [1.165, 1.54) is 70.6 Å². The second-order valence-electron chi connectivity index (χ2n) is 18.1. The molecule has 1 unspecified atom stereocenters. The zero-order valence-electron chi connectivity index (χ0n) is 45.4. The Morgan fingerprint density at radius 3 is 1.00 bits per heavy atom. The van der Waals surface area contributed by atoms with Gasteiger partial charge in [0.25, 0.3) is 0 Å². The average Bonchev–Trinajstić information content (AvgIpc) is 3.37. The minimum absolute atomic E-state index is 0.113. The normalized spacial score (nSPS) is 13.2. The van der Waals surface area contributed by atoms with Crippen LogP contribution in [0.2, 0.25) is 0 Å². The molecular formula is C65H102O6. The predicted octanol–water partition coefficient (Wildman–Crippen LogP) is 19.2. The highest BCUT2D eigenvalue weighted by molar-refractivity contribution is 5.72. The molecule has 0 radical (unpaired) electrons. The van der Waals surface area contributed by atoms with E-state index in [1.807, 2.05) is 6.08 Å².